The van der Waals surface area contributed by atoms with Crippen LogP contribution in [0.15, 0.2) is 66.9 Å². The number of carbonyl (C=O) groups is 1. The number of amides is 1. The Morgan fingerprint density at radius 3 is 2.73 bits per heavy atom. The number of pyridine rings is 1. The molecule has 128 valence electrons. The molecule has 2 aromatic carbocycles. The Bertz CT molecular complexity index is 991. The summed E-state index contributed by atoms with van der Waals surface area (Å²) >= 11 is 0. The van der Waals surface area contributed by atoms with Crippen LogP contribution in [0, 0.1) is 0 Å². The number of para-hydroxylation sites is 1. The summed E-state index contributed by atoms with van der Waals surface area (Å²) in [5.74, 6) is 1.23. The van der Waals surface area contributed by atoms with Gasteiger partial charge in [0.2, 0.25) is 6.79 Å². The minimum atomic E-state index is -0.418. The van der Waals surface area contributed by atoms with Crippen molar-refractivity contribution < 1.29 is 14.3 Å². The first-order valence-electron chi connectivity index (χ1n) is 8.31. The molecule has 6 heteroatoms. The highest BCUT2D eigenvalue weighted by Gasteiger charge is 2.35. The van der Waals surface area contributed by atoms with Crippen LogP contribution in [0.5, 0.6) is 11.5 Å². The van der Waals surface area contributed by atoms with E-state index in [0.29, 0.717) is 17.1 Å². The number of nitrogens with zero attached hydrogens (tertiary/aromatic N) is 2. The van der Waals surface area contributed by atoms with Gasteiger partial charge in [-0.3, -0.25) is 14.7 Å². The first kappa shape index (κ1) is 14.8. The number of hydrogen-bond acceptors (Lipinski definition) is 5. The summed E-state index contributed by atoms with van der Waals surface area (Å²) in [5.41, 5.74) is 2.90. The summed E-state index contributed by atoms with van der Waals surface area (Å²) in [6.45, 7) is 0.192. The number of benzene rings is 2. The van der Waals surface area contributed by atoms with Gasteiger partial charge in [0.05, 0.1) is 16.9 Å². The fourth-order valence-corrected chi connectivity index (χ4v) is 3.30. The maximum absolute atomic E-state index is 13.3. The summed E-state index contributed by atoms with van der Waals surface area (Å²) in [4.78, 5) is 19.4. The first-order valence-corrected chi connectivity index (χ1v) is 8.31. The highest BCUT2D eigenvalue weighted by Crippen LogP contribution is 2.40. The highest BCUT2D eigenvalue weighted by molar-refractivity contribution is 6.12. The summed E-state index contributed by atoms with van der Waals surface area (Å²) in [6, 6.07) is 18.7. The summed E-state index contributed by atoms with van der Waals surface area (Å²) in [5, 5.41) is 3.43. The predicted molar refractivity (Wildman–Crippen MR) is 96.4 cm³/mol. The molecule has 1 aromatic heterocycles. The van der Waals surface area contributed by atoms with E-state index in [0.717, 1.165) is 17.1 Å². The molecule has 1 amide bonds. The Balaban J connectivity index is 1.65. The van der Waals surface area contributed by atoms with Crippen molar-refractivity contribution in [3.05, 3.63) is 78.1 Å². The molecule has 3 aromatic rings. The second kappa shape index (κ2) is 5.77. The van der Waals surface area contributed by atoms with E-state index in [1.807, 2.05) is 60.7 Å². The fraction of sp³-hybridized carbons (Fsp3) is 0.100. The van der Waals surface area contributed by atoms with Gasteiger partial charge < -0.3 is 14.8 Å². The van der Waals surface area contributed by atoms with Gasteiger partial charge in [-0.2, -0.15) is 0 Å². The van der Waals surface area contributed by atoms with Crippen LogP contribution in [0.4, 0.5) is 11.4 Å². The standard InChI is InChI=1S/C20H15N3O3/c24-20-14-5-1-2-6-15(14)22-19(16-7-3-4-10-21-16)23(20)13-8-9-17-18(11-13)26-12-25-17/h1-11,19,22H,12H2/t19-/m1/s1. The molecule has 2 aliphatic rings. The minimum Gasteiger partial charge on any atom is -0.454 e. The highest BCUT2D eigenvalue weighted by atomic mass is 16.7. The zero-order valence-electron chi connectivity index (χ0n) is 13.8. The Hall–Kier alpha value is -3.54. The number of ether oxygens (including phenoxy) is 2. The summed E-state index contributed by atoms with van der Waals surface area (Å²) < 4.78 is 10.9. The Morgan fingerprint density at radius 1 is 1.00 bits per heavy atom. The van der Waals surface area contributed by atoms with Gasteiger partial charge in [0.15, 0.2) is 17.7 Å². The van der Waals surface area contributed by atoms with Gasteiger partial charge in [0.1, 0.15) is 0 Å². The number of fused-ring (bicyclic) bond motifs is 2. The molecule has 2 aliphatic heterocycles. The van der Waals surface area contributed by atoms with Crippen molar-refractivity contribution in [3.8, 4) is 11.5 Å². The van der Waals surface area contributed by atoms with Gasteiger partial charge in [0, 0.05) is 18.0 Å². The average molecular weight is 345 g/mol. The van der Waals surface area contributed by atoms with E-state index in [9.17, 15) is 4.79 Å². The molecule has 0 saturated carbocycles. The largest absolute Gasteiger partial charge is 0.454 e. The fourth-order valence-electron chi connectivity index (χ4n) is 3.30. The topological polar surface area (TPSA) is 63.7 Å². The molecule has 0 spiro atoms. The third-order valence-corrected chi connectivity index (χ3v) is 4.53. The van der Waals surface area contributed by atoms with Crippen molar-refractivity contribution in [1.29, 1.82) is 0 Å². The van der Waals surface area contributed by atoms with Crippen molar-refractivity contribution in [2.75, 3.05) is 17.0 Å². The minimum absolute atomic E-state index is 0.0890. The van der Waals surface area contributed by atoms with Gasteiger partial charge in [-0.05, 0) is 36.4 Å². The van der Waals surface area contributed by atoms with E-state index in [1.165, 1.54) is 0 Å². The number of carbonyl (C=O) groups excluding carboxylic acids is 1. The molecule has 0 fully saturated rings. The molecule has 1 N–H and O–H groups in total. The van der Waals surface area contributed by atoms with Crippen LogP contribution in [0.3, 0.4) is 0 Å². The molecule has 3 heterocycles. The van der Waals surface area contributed by atoms with Crippen molar-refractivity contribution >= 4 is 17.3 Å². The smallest absolute Gasteiger partial charge is 0.262 e. The van der Waals surface area contributed by atoms with Crippen molar-refractivity contribution in [2.45, 2.75) is 6.17 Å². The number of rotatable bonds is 2. The van der Waals surface area contributed by atoms with Crippen LogP contribution in [0.2, 0.25) is 0 Å². The molecule has 0 aliphatic carbocycles. The number of aromatic nitrogens is 1. The van der Waals surface area contributed by atoms with Crippen LogP contribution in [-0.4, -0.2) is 17.7 Å². The van der Waals surface area contributed by atoms with Crippen molar-refractivity contribution in [2.24, 2.45) is 0 Å². The molecular weight excluding hydrogens is 330 g/mol. The summed E-state index contributed by atoms with van der Waals surface area (Å²) in [6.07, 6.45) is 1.30. The van der Waals surface area contributed by atoms with Crippen molar-refractivity contribution in [3.63, 3.8) is 0 Å². The molecule has 6 nitrogen and oxygen atoms in total. The normalized spacial score (nSPS) is 17.6. The van der Waals surface area contributed by atoms with E-state index >= 15 is 0 Å². The molecule has 1 atom stereocenters. The maximum Gasteiger partial charge on any atom is 0.262 e. The zero-order chi connectivity index (χ0) is 17.5. The first-order chi connectivity index (χ1) is 12.8. The van der Waals surface area contributed by atoms with E-state index in [1.54, 1.807) is 11.1 Å². The third kappa shape index (κ3) is 2.27. The van der Waals surface area contributed by atoms with Crippen LogP contribution < -0.4 is 19.7 Å². The molecule has 0 bridgehead atoms. The van der Waals surface area contributed by atoms with Crippen LogP contribution >= 0.6 is 0 Å². The molecule has 0 unspecified atom stereocenters. The average Bonchev–Trinajstić information content (AvgIpc) is 3.16. The lowest BCUT2D eigenvalue weighted by Gasteiger charge is -2.37. The second-order valence-electron chi connectivity index (χ2n) is 6.06. The number of hydrogen-bond donors (Lipinski definition) is 1. The lowest BCUT2D eigenvalue weighted by molar-refractivity contribution is 0.0974. The maximum atomic E-state index is 13.3. The molecular formula is C20H15N3O3. The van der Waals surface area contributed by atoms with Gasteiger partial charge >= 0.3 is 0 Å². The van der Waals surface area contributed by atoms with Gasteiger partial charge in [0.25, 0.3) is 5.91 Å². The van der Waals surface area contributed by atoms with E-state index in [4.69, 9.17) is 9.47 Å². The second-order valence-corrected chi connectivity index (χ2v) is 6.06. The lowest BCUT2D eigenvalue weighted by Crippen LogP contribution is -2.43. The van der Waals surface area contributed by atoms with Gasteiger partial charge in [-0.15, -0.1) is 0 Å². The van der Waals surface area contributed by atoms with Crippen LogP contribution in [0.1, 0.15) is 22.2 Å². The van der Waals surface area contributed by atoms with Crippen LogP contribution in [0.25, 0.3) is 0 Å². The Kier molecular flexibility index (Phi) is 3.28. The van der Waals surface area contributed by atoms with Gasteiger partial charge in [-0.25, -0.2) is 0 Å². The SMILES string of the molecule is O=C1c2ccccc2N[C@@H](c2ccccn2)N1c1ccc2c(c1)OCO2. The monoisotopic (exact) mass is 345 g/mol. The predicted octanol–water partition coefficient (Wildman–Crippen LogP) is 3.58. The zero-order valence-corrected chi connectivity index (χ0v) is 13.8. The number of nitrogens with one attached hydrogen (secondary N) is 1. The van der Waals surface area contributed by atoms with E-state index < -0.39 is 6.17 Å². The molecule has 26 heavy (non-hydrogen) atoms. The Morgan fingerprint density at radius 2 is 1.85 bits per heavy atom. The Labute approximate surface area is 150 Å². The number of anilines is 2. The lowest BCUT2D eigenvalue weighted by atomic mass is 10.0. The quantitative estimate of drug-likeness (QED) is 0.769. The van der Waals surface area contributed by atoms with E-state index in [2.05, 4.69) is 10.3 Å². The van der Waals surface area contributed by atoms with Gasteiger partial charge in [-0.1, -0.05) is 18.2 Å². The molecule has 5 rings (SSSR count). The van der Waals surface area contributed by atoms with Crippen LogP contribution in [-0.2, 0) is 0 Å². The van der Waals surface area contributed by atoms with Crippen molar-refractivity contribution in [1.82, 2.24) is 4.98 Å². The van der Waals surface area contributed by atoms with E-state index in [-0.39, 0.29) is 12.7 Å². The summed E-state index contributed by atoms with van der Waals surface area (Å²) in [7, 11) is 0. The molecule has 0 saturated heterocycles. The third-order valence-electron chi connectivity index (χ3n) is 4.53. The molecule has 0 radical (unpaired) electrons.